The van der Waals surface area contributed by atoms with Gasteiger partial charge in [-0.1, -0.05) is 46.3 Å². The molecule has 152 valence electrons. The number of anilines is 1. The number of esters is 1. The van der Waals surface area contributed by atoms with Crippen LogP contribution in [0.1, 0.15) is 18.5 Å². The number of hydrogen-bond donors (Lipinski definition) is 2. The number of hydrogen-bond acceptors (Lipinski definition) is 5. The number of carbonyl (C=O) groups excluding carboxylic acids is 1. The van der Waals surface area contributed by atoms with Crippen LogP contribution >= 0.6 is 15.9 Å². The lowest BCUT2D eigenvalue weighted by molar-refractivity contribution is -0.140. The molecule has 0 aliphatic carbocycles. The van der Waals surface area contributed by atoms with E-state index in [1.165, 1.54) is 6.92 Å². The van der Waals surface area contributed by atoms with Crippen molar-refractivity contribution >= 4 is 33.5 Å². The Hall–Kier alpha value is -2.81. The molecule has 5 nitrogen and oxygen atoms in total. The van der Waals surface area contributed by atoms with Gasteiger partial charge in [-0.3, -0.25) is 0 Å². The fourth-order valence-corrected chi connectivity index (χ4v) is 3.07. The summed E-state index contributed by atoms with van der Waals surface area (Å²) in [7, 11) is 0. The molecule has 0 aromatic heterocycles. The van der Waals surface area contributed by atoms with Crippen LogP contribution in [0.25, 0.3) is 0 Å². The van der Waals surface area contributed by atoms with E-state index in [4.69, 9.17) is 4.74 Å². The second kappa shape index (κ2) is 8.69. The Morgan fingerprint density at radius 2 is 1.83 bits per heavy atom. The maximum atomic E-state index is 13.8. The van der Waals surface area contributed by atoms with Crippen molar-refractivity contribution in [3.63, 3.8) is 0 Å². The van der Waals surface area contributed by atoms with E-state index >= 15 is 0 Å². The van der Waals surface area contributed by atoms with Gasteiger partial charge in [-0.15, -0.1) is 0 Å². The quantitative estimate of drug-likeness (QED) is 0.625. The van der Waals surface area contributed by atoms with E-state index in [-0.39, 0.29) is 12.6 Å². The number of rotatable bonds is 4. The van der Waals surface area contributed by atoms with E-state index in [0.717, 1.165) is 4.47 Å². The number of aliphatic imine (C=N–C) groups is 1. The van der Waals surface area contributed by atoms with Gasteiger partial charge in [0.05, 0.1) is 12.2 Å². The summed E-state index contributed by atoms with van der Waals surface area (Å²) in [6.45, 7) is 1.47. The molecule has 9 heteroatoms. The maximum absolute atomic E-state index is 13.8. The van der Waals surface area contributed by atoms with E-state index in [2.05, 4.69) is 31.6 Å². The van der Waals surface area contributed by atoms with Gasteiger partial charge in [0.15, 0.2) is 0 Å². The van der Waals surface area contributed by atoms with Crippen molar-refractivity contribution in [3.8, 4) is 0 Å². The summed E-state index contributed by atoms with van der Waals surface area (Å²) in [6, 6.07) is 14.0. The van der Waals surface area contributed by atoms with Crippen molar-refractivity contribution in [3.05, 3.63) is 75.9 Å². The third-order valence-electron chi connectivity index (χ3n) is 4.05. The van der Waals surface area contributed by atoms with Crippen LogP contribution < -0.4 is 10.6 Å². The summed E-state index contributed by atoms with van der Waals surface area (Å²) < 4.78 is 47.2. The third kappa shape index (κ3) is 4.97. The summed E-state index contributed by atoms with van der Waals surface area (Å²) in [5.74, 6) is -1.19. The first-order valence-electron chi connectivity index (χ1n) is 8.70. The Morgan fingerprint density at radius 1 is 1.17 bits per heavy atom. The molecule has 29 heavy (non-hydrogen) atoms. The molecule has 1 heterocycles. The van der Waals surface area contributed by atoms with Gasteiger partial charge in [0.25, 0.3) is 0 Å². The van der Waals surface area contributed by atoms with Gasteiger partial charge >= 0.3 is 12.1 Å². The summed E-state index contributed by atoms with van der Waals surface area (Å²) in [5, 5.41) is 5.05. The minimum Gasteiger partial charge on any atom is -0.463 e. The first-order chi connectivity index (χ1) is 13.8. The van der Waals surface area contributed by atoms with Crippen LogP contribution in [0, 0.1) is 0 Å². The Bertz CT molecular complexity index is 942. The topological polar surface area (TPSA) is 62.7 Å². The summed E-state index contributed by atoms with van der Waals surface area (Å²) >= 11 is 3.29. The predicted molar refractivity (Wildman–Crippen MR) is 107 cm³/mol. The van der Waals surface area contributed by atoms with Crippen molar-refractivity contribution in [2.75, 3.05) is 11.9 Å². The smallest absolute Gasteiger partial charge is 0.431 e. The minimum atomic E-state index is -4.81. The zero-order valence-corrected chi connectivity index (χ0v) is 16.8. The Kier molecular flexibility index (Phi) is 6.26. The van der Waals surface area contributed by atoms with Gasteiger partial charge in [-0.25, -0.2) is 9.79 Å². The number of allylic oxidation sites excluding steroid dienone is 1. The number of ether oxygens (including phenoxy) is 1. The van der Waals surface area contributed by atoms with Crippen molar-refractivity contribution in [1.29, 1.82) is 0 Å². The lowest BCUT2D eigenvalue weighted by Gasteiger charge is -2.28. The predicted octanol–water partition coefficient (Wildman–Crippen LogP) is 4.94. The molecule has 0 amide bonds. The second-order valence-corrected chi connectivity index (χ2v) is 6.97. The van der Waals surface area contributed by atoms with Gasteiger partial charge in [-0.2, -0.15) is 13.2 Å². The van der Waals surface area contributed by atoms with Gasteiger partial charge in [0, 0.05) is 10.2 Å². The molecular weight excluding hydrogens is 451 g/mol. The molecular formula is C20H17BrF3N3O2. The van der Waals surface area contributed by atoms with E-state index in [1.54, 1.807) is 54.6 Å². The Balaban J connectivity index is 2.10. The van der Waals surface area contributed by atoms with Gasteiger partial charge in [0.2, 0.25) is 5.96 Å². The molecule has 1 aliphatic rings. The van der Waals surface area contributed by atoms with Crippen LogP contribution in [0.2, 0.25) is 0 Å². The molecule has 0 saturated heterocycles. The second-order valence-electron chi connectivity index (χ2n) is 6.05. The molecule has 3 rings (SSSR count). The largest absolute Gasteiger partial charge is 0.463 e. The number of alkyl halides is 3. The standard InChI is InChI=1S/C20H17BrF3N3O2/c1-2-29-18(28)15-16(12-8-10-13(21)11-9-12)26-19(27-17(15)20(22,23)24)25-14-6-4-3-5-7-14/h3-11,16H,2H2,1H3,(H2,25,26,27). The average Bonchev–Trinajstić information content (AvgIpc) is 2.68. The minimum absolute atomic E-state index is 0.0562. The first kappa shape index (κ1) is 20.9. The molecule has 0 bridgehead atoms. The number of benzene rings is 2. The molecule has 0 saturated carbocycles. The summed E-state index contributed by atoms with van der Waals surface area (Å²) in [6.07, 6.45) is -4.81. The molecule has 2 N–H and O–H groups in total. The molecule has 1 aliphatic heterocycles. The zero-order chi connectivity index (χ0) is 21.0. The average molecular weight is 468 g/mol. The first-order valence-corrected chi connectivity index (χ1v) is 9.49. The van der Waals surface area contributed by atoms with Gasteiger partial charge < -0.3 is 15.4 Å². The van der Waals surface area contributed by atoms with Gasteiger partial charge in [0.1, 0.15) is 11.7 Å². The summed E-state index contributed by atoms with van der Waals surface area (Å²) in [5.41, 5.74) is -0.807. The number of guanidine groups is 1. The lowest BCUT2D eigenvalue weighted by atomic mass is 9.96. The fourth-order valence-electron chi connectivity index (χ4n) is 2.80. The Morgan fingerprint density at radius 3 is 2.41 bits per heavy atom. The van der Waals surface area contributed by atoms with E-state index in [0.29, 0.717) is 11.3 Å². The monoisotopic (exact) mass is 467 g/mol. The maximum Gasteiger partial charge on any atom is 0.431 e. The van der Waals surface area contributed by atoms with Gasteiger partial charge in [-0.05, 0) is 36.8 Å². The van der Waals surface area contributed by atoms with Crippen molar-refractivity contribution in [1.82, 2.24) is 5.32 Å². The van der Waals surface area contributed by atoms with E-state index in [1.807, 2.05) is 0 Å². The molecule has 0 spiro atoms. The van der Waals surface area contributed by atoms with Crippen LogP contribution in [-0.2, 0) is 9.53 Å². The van der Waals surface area contributed by atoms with Crippen molar-refractivity contribution < 1.29 is 22.7 Å². The number of nitrogens with zero attached hydrogens (tertiary/aromatic N) is 1. The van der Waals surface area contributed by atoms with Crippen LogP contribution in [-0.4, -0.2) is 24.7 Å². The fraction of sp³-hybridized carbons (Fsp3) is 0.200. The van der Waals surface area contributed by atoms with Crippen molar-refractivity contribution in [2.24, 2.45) is 4.99 Å². The van der Waals surface area contributed by atoms with E-state index < -0.39 is 29.5 Å². The van der Waals surface area contributed by atoms with Crippen molar-refractivity contribution in [2.45, 2.75) is 19.1 Å². The van der Waals surface area contributed by atoms with Crippen LogP contribution in [0.4, 0.5) is 18.9 Å². The van der Waals surface area contributed by atoms with E-state index in [9.17, 15) is 18.0 Å². The third-order valence-corrected chi connectivity index (χ3v) is 4.57. The highest BCUT2D eigenvalue weighted by Crippen LogP contribution is 2.38. The molecule has 0 fully saturated rings. The molecule has 2 aromatic rings. The van der Waals surface area contributed by atoms with Crippen LogP contribution in [0.15, 0.2) is 75.3 Å². The molecule has 1 atom stereocenters. The number of nitrogens with one attached hydrogen (secondary N) is 2. The number of halogens is 4. The number of carbonyl (C=O) groups is 1. The highest BCUT2D eigenvalue weighted by atomic mass is 79.9. The lowest BCUT2D eigenvalue weighted by Crippen LogP contribution is -2.42. The zero-order valence-electron chi connectivity index (χ0n) is 15.3. The normalized spacial score (nSPS) is 16.7. The van der Waals surface area contributed by atoms with Crippen LogP contribution in [0.5, 0.6) is 0 Å². The molecule has 2 aromatic carbocycles. The Labute approximate surface area is 173 Å². The highest BCUT2D eigenvalue weighted by molar-refractivity contribution is 9.10. The molecule has 1 unspecified atom stereocenters. The SMILES string of the molecule is CCOC(=O)C1=C(C(F)(F)F)NC(Nc2ccccc2)=NC1c1ccc(Br)cc1. The number of para-hydroxylation sites is 1. The van der Waals surface area contributed by atoms with Crippen LogP contribution in [0.3, 0.4) is 0 Å². The highest BCUT2D eigenvalue weighted by Gasteiger charge is 2.44. The molecule has 0 radical (unpaired) electrons. The summed E-state index contributed by atoms with van der Waals surface area (Å²) in [4.78, 5) is 16.8.